The molecule has 1 fully saturated rings. The summed E-state index contributed by atoms with van der Waals surface area (Å²) in [5.74, 6) is 0. The van der Waals surface area contributed by atoms with E-state index < -0.39 is 0 Å². The Kier molecular flexibility index (Phi) is 4.57. The smallest absolute Gasteiger partial charge is 0.319 e. The molecule has 2 N–H and O–H groups in total. The summed E-state index contributed by atoms with van der Waals surface area (Å²) >= 11 is 0. The fraction of sp³-hybridized carbons (Fsp3) is 0.438. The number of aromatic nitrogens is 3. The van der Waals surface area contributed by atoms with Crippen molar-refractivity contribution in [1.82, 2.24) is 20.3 Å². The molecule has 1 aromatic carbocycles. The van der Waals surface area contributed by atoms with Gasteiger partial charge in [0.25, 0.3) is 0 Å². The second kappa shape index (κ2) is 6.78. The molecule has 1 aliphatic rings. The maximum Gasteiger partial charge on any atom is 0.319 e. The summed E-state index contributed by atoms with van der Waals surface area (Å²) in [4.78, 5) is 12.1. The van der Waals surface area contributed by atoms with Gasteiger partial charge in [-0.3, -0.25) is 0 Å². The Bertz CT molecular complexity index is 652. The van der Waals surface area contributed by atoms with Crippen molar-refractivity contribution in [3.8, 4) is 5.69 Å². The number of carbonyl (C=O) groups is 1. The first-order chi connectivity index (χ1) is 11.2. The fourth-order valence-electron chi connectivity index (χ4n) is 2.53. The highest BCUT2D eigenvalue weighted by molar-refractivity contribution is 5.89. The van der Waals surface area contributed by atoms with Gasteiger partial charge in [0, 0.05) is 25.9 Å². The highest BCUT2D eigenvalue weighted by Crippen LogP contribution is 2.48. The van der Waals surface area contributed by atoms with Gasteiger partial charge in [0.15, 0.2) is 0 Å². The Morgan fingerprint density at radius 3 is 3.00 bits per heavy atom. The van der Waals surface area contributed by atoms with Crippen LogP contribution in [0.5, 0.6) is 0 Å². The van der Waals surface area contributed by atoms with Gasteiger partial charge in [-0.15, -0.1) is 5.10 Å². The molecule has 1 heterocycles. The second-order valence-corrected chi connectivity index (χ2v) is 5.95. The zero-order chi connectivity index (χ0) is 16.1. The lowest BCUT2D eigenvalue weighted by molar-refractivity contribution is 0.171. The Balaban J connectivity index is 1.53. The van der Waals surface area contributed by atoms with Crippen LogP contribution in [0.3, 0.4) is 0 Å². The van der Waals surface area contributed by atoms with Crippen molar-refractivity contribution >= 4 is 11.7 Å². The van der Waals surface area contributed by atoms with Crippen LogP contribution in [0.2, 0.25) is 0 Å². The number of rotatable bonds is 7. The van der Waals surface area contributed by atoms with Crippen molar-refractivity contribution in [2.45, 2.75) is 19.3 Å². The molecule has 1 saturated carbocycles. The van der Waals surface area contributed by atoms with Crippen molar-refractivity contribution in [3.63, 3.8) is 0 Å². The van der Waals surface area contributed by atoms with Crippen LogP contribution >= 0.6 is 0 Å². The van der Waals surface area contributed by atoms with Crippen LogP contribution in [-0.2, 0) is 4.74 Å². The van der Waals surface area contributed by atoms with Crippen LogP contribution in [0.4, 0.5) is 10.5 Å². The van der Waals surface area contributed by atoms with Crippen LogP contribution in [-0.4, -0.2) is 41.3 Å². The summed E-state index contributed by atoms with van der Waals surface area (Å²) in [7, 11) is 1.71. The van der Waals surface area contributed by atoms with Gasteiger partial charge in [-0.1, -0.05) is 11.3 Å². The van der Waals surface area contributed by atoms with Gasteiger partial charge in [0.2, 0.25) is 0 Å². The van der Waals surface area contributed by atoms with Crippen molar-refractivity contribution in [1.29, 1.82) is 0 Å². The van der Waals surface area contributed by atoms with Gasteiger partial charge in [0.1, 0.15) is 0 Å². The van der Waals surface area contributed by atoms with Crippen molar-refractivity contribution in [2.24, 2.45) is 5.41 Å². The van der Waals surface area contributed by atoms with Gasteiger partial charge in [-0.2, -0.15) is 0 Å². The predicted octanol–water partition coefficient (Wildman–Crippen LogP) is 2.21. The van der Waals surface area contributed by atoms with E-state index in [0.29, 0.717) is 6.54 Å². The van der Waals surface area contributed by atoms with Crippen LogP contribution in [0.1, 0.15) is 19.3 Å². The van der Waals surface area contributed by atoms with Crippen molar-refractivity contribution in [3.05, 3.63) is 36.7 Å². The molecule has 0 saturated heterocycles. The molecule has 3 rings (SSSR count). The molecule has 2 aromatic rings. The van der Waals surface area contributed by atoms with E-state index in [-0.39, 0.29) is 11.4 Å². The third-order valence-corrected chi connectivity index (χ3v) is 4.21. The molecule has 0 spiro atoms. The van der Waals surface area contributed by atoms with Gasteiger partial charge < -0.3 is 15.4 Å². The lowest BCUT2D eigenvalue weighted by Gasteiger charge is -2.16. The highest BCUT2D eigenvalue weighted by atomic mass is 16.5. The Morgan fingerprint density at radius 1 is 1.43 bits per heavy atom. The largest absolute Gasteiger partial charge is 0.385 e. The highest BCUT2D eigenvalue weighted by Gasteiger charge is 2.42. The standard InChI is InChI=1S/C16H21N5O2/c1-23-10-7-16(5-6-16)12-17-15(22)19-13-3-2-4-14(11-13)21-9-8-18-20-21/h2-4,8-9,11H,5-7,10,12H2,1H3,(H2,17,19,22). The van der Waals surface area contributed by atoms with E-state index in [9.17, 15) is 4.79 Å². The lowest BCUT2D eigenvalue weighted by atomic mass is 10.0. The monoisotopic (exact) mass is 315 g/mol. The number of nitrogens with zero attached hydrogens (tertiary/aromatic N) is 3. The molecular weight excluding hydrogens is 294 g/mol. The zero-order valence-corrected chi connectivity index (χ0v) is 13.2. The molecule has 2 amide bonds. The van der Waals surface area contributed by atoms with Gasteiger partial charge in [-0.05, 0) is 42.9 Å². The first kappa shape index (κ1) is 15.5. The number of amides is 2. The normalized spacial score (nSPS) is 15.2. The number of carbonyl (C=O) groups excluding carboxylic acids is 1. The van der Waals surface area contributed by atoms with Gasteiger partial charge >= 0.3 is 6.03 Å². The molecule has 122 valence electrons. The molecule has 23 heavy (non-hydrogen) atoms. The third-order valence-electron chi connectivity index (χ3n) is 4.21. The molecular formula is C16H21N5O2. The third kappa shape index (κ3) is 4.07. The molecule has 0 aliphatic heterocycles. The van der Waals surface area contributed by atoms with E-state index in [0.717, 1.165) is 37.2 Å². The summed E-state index contributed by atoms with van der Waals surface area (Å²) in [5.41, 5.74) is 1.80. The van der Waals surface area contributed by atoms with E-state index in [1.165, 1.54) is 0 Å². The van der Waals surface area contributed by atoms with Crippen LogP contribution < -0.4 is 10.6 Å². The Labute approximate surface area is 135 Å². The topological polar surface area (TPSA) is 81.1 Å². The number of hydrogen-bond acceptors (Lipinski definition) is 4. The minimum absolute atomic E-state index is 0.190. The maximum atomic E-state index is 12.1. The minimum atomic E-state index is -0.190. The number of ether oxygens (including phenoxy) is 1. The quantitative estimate of drug-likeness (QED) is 0.821. The van der Waals surface area contributed by atoms with E-state index in [1.807, 2.05) is 24.3 Å². The van der Waals surface area contributed by atoms with Gasteiger partial charge in [0.05, 0.1) is 18.1 Å². The number of benzene rings is 1. The molecule has 0 bridgehead atoms. The SMILES string of the molecule is COCCC1(CNC(=O)Nc2cccc(-n3ccnn3)c2)CC1. The minimum Gasteiger partial charge on any atom is -0.385 e. The summed E-state index contributed by atoms with van der Waals surface area (Å²) in [6, 6.07) is 7.28. The first-order valence-electron chi connectivity index (χ1n) is 7.71. The maximum absolute atomic E-state index is 12.1. The summed E-state index contributed by atoms with van der Waals surface area (Å²) in [5, 5.41) is 13.5. The van der Waals surface area contributed by atoms with Gasteiger partial charge in [-0.25, -0.2) is 9.48 Å². The van der Waals surface area contributed by atoms with Crippen LogP contribution in [0, 0.1) is 5.41 Å². The molecule has 7 heteroatoms. The zero-order valence-electron chi connectivity index (χ0n) is 13.2. The van der Waals surface area contributed by atoms with Crippen LogP contribution in [0.25, 0.3) is 5.69 Å². The molecule has 7 nitrogen and oxygen atoms in total. The summed E-state index contributed by atoms with van der Waals surface area (Å²) in [6.45, 7) is 1.42. The molecule has 0 radical (unpaired) electrons. The summed E-state index contributed by atoms with van der Waals surface area (Å²) < 4.78 is 6.77. The first-order valence-corrected chi connectivity index (χ1v) is 7.71. The molecule has 0 atom stereocenters. The Morgan fingerprint density at radius 2 is 2.30 bits per heavy atom. The van der Waals surface area contributed by atoms with Crippen molar-refractivity contribution < 1.29 is 9.53 Å². The average molecular weight is 315 g/mol. The van der Waals surface area contributed by atoms with E-state index in [4.69, 9.17) is 4.74 Å². The number of methoxy groups -OCH3 is 1. The van der Waals surface area contributed by atoms with E-state index in [2.05, 4.69) is 20.9 Å². The van der Waals surface area contributed by atoms with E-state index in [1.54, 1.807) is 24.2 Å². The lowest BCUT2D eigenvalue weighted by Crippen LogP contribution is -2.34. The number of hydrogen-bond donors (Lipinski definition) is 2. The fourth-order valence-corrected chi connectivity index (χ4v) is 2.53. The van der Waals surface area contributed by atoms with Crippen molar-refractivity contribution in [2.75, 3.05) is 25.6 Å². The molecule has 0 unspecified atom stereocenters. The van der Waals surface area contributed by atoms with E-state index >= 15 is 0 Å². The summed E-state index contributed by atoms with van der Waals surface area (Å²) in [6.07, 6.45) is 6.66. The van der Waals surface area contributed by atoms with Crippen LogP contribution in [0.15, 0.2) is 36.7 Å². The average Bonchev–Trinajstić information content (AvgIpc) is 3.11. The molecule has 1 aliphatic carbocycles. The number of urea groups is 1. The second-order valence-electron chi connectivity index (χ2n) is 5.95. The Hall–Kier alpha value is -2.41. The number of anilines is 1. The molecule has 1 aromatic heterocycles. The predicted molar refractivity (Wildman–Crippen MR) is 86.5 cm³/mol. The number of nitrogens with one attached hydrogen (secondary N) is 2.